The lowest BCUT2D eigenvalue weighted by molar-refractivity contribution is 0.102. The van der Waals surface area contributed by atoms with E-state index in [1.54, 1.807) is 24.3 Å². The zero-order valence-corrected chi connectivity index (χ0v) is 13.0. The Morgan fingerprint density at radius 2 is 2.16 bits per heavy atom. The van der Waals surface area contributed by atoms with Crippen LogP contribution in [0, 0.1) is 10.5 Å². The smallest absolute Gasteiger partial charge is 0.256 e. The predicted molar refractivity (Wildman–Crippen MR) is 85.5 cm³/mol. The summed E-state index contributed by atoms with van der Waals surface area (Å²) in [4.78, 5) is 16.1. The molecule has 0 saturated carbocycles. The van der Waals surface area contributed by atoms with E-state index in [2.05, 4.69) is 32.9 Å². The molecule has 0 bridgehead atoms. The quantitative estimate of drug-likeness (QED) is 0.775. The Kier molecular flexibility index (Phi) is 4.26. The lowest BCUT2D eigenvalue weighted by Gasteiger charge is -2.07. The van der Waals surface area contributed by atoms with Crippen molar-refractivity contribution in [2.24, 2.45) is 0 Å². The van der Waals surface area contributed by atoms with Crippen molar-refractivity contribution in [3.63, 3.8) is 0 Å². The molecule has 3 N–H and O–H groups in total. The molecule has 0 atom stereocenters. The maximum absolute atomic E-state index is 12.0. The molecule has 1 heterocycles. The van der Waals surface area contributed by atoms with Crippen molar-refractivity contribution < 1.29 is 4.79 Å². The third kappa shape index (κ3) is 3.36. The number of nitrogens with zero attached hydrogens (tertiary/aromatic N) is 1. The van der Waals surface area contributed by atoms with Gasteiger partial charge in [-0.1, -0.05) is 11.6 Å². The molecule has 0 spiro atoms. The van der Waals surface area contributed by atoms with Crippen LogP contribution in [0.25, 0.3) is 0 Å². The van der Waals surface area contributed by atoms with E-state index in [4.69, 9.17) is 17.3 Å². The zero-order chi connectivity index (χ0) is 14.0. The first-order valence-corrected chi connectivity index (χ1v) is 6.91. The van der Waals surface area contributed by atoms with Crippen molar-refractivity contribution in [3.05, 3.63) is 50.2 Å². The molecular formula is C13H11ClIN3O. The van der Waals surface area contributed by atoms with Crippen LogP contribution in [0.3, 0.4) is 0 Å². The van der Waals surface area contributed by atoms with E-state index in [1.807, 2.05) is 6.92 Å². The highest BCUT2D eigenvalue weighted by molar-refractivity contribution is 14.1. The van der Waals surface area contributed by atoms with E-state index in [1.165, 1.54) is 6.20 Å². The summed E-state index contributed by atoms with van der Waals surface area (Å²) in [6.45, 7) is 1.86. The van der Waals surface area contributed by atoms with Crippen LogP contribution in [0.15, 0.2) is 30.5 Å². The molecular weight excluding hydrogens is 377 g/mol. The molecule has 2 aromatic rings. The molecule has 1 aromatic heterocycles. The minimum absolute atomic E-state index is 0.255. The van der Waals surface area contributed by atoms with Crippen molar-refractivity contribution in [1.82, 2.24) is 4.98 Å². The number of aromatic nitrogens is 1. The Labute approximate surface area is 129 Å². The first-order chi connectivity index (χ1) is 8.97. The number of benzene rings is 1. The summed E-state index contributed by atoms with van der Waals surface area (Å²) in [6.07, 6.45) is 1.52. The molecule has 4 nitrogen and oxygen atoms in total. The van der Waals surface area contributed by atoms with E-state index < -0.39 is 0 Å². The van der Waals surface area contributed by atoms with Gasteiger partial charge in [0.1, 0.15) is 5.82 Å². The van der Waals surface area contributed by atoms with Gasteiger partial charge in [-0.05, 0) is 59.3 Å². The number of anilines is 2. The standard InChI is InChI=1S/C13H11ClIN3O/c1-7-4-12(17-6-11(7)16)18-13(19)8-2-3-10(15)9(14)5-8/h2-6H,16H2,1H3,(H,17,18,19). The van der Waals surface area contributed by atoms with Crippen LogP contribution in [0.1, 0.15) is 15.9 Å². The van der Waals surface area contributed by atoms with Crippen molar-refractivity contribution in [2.75, 3.05) is 11.1 Å². The van der Waals surface area contributed by atoms with Gasteiger partial charge in [0.25, 0.3) is 5.91 Å². The number of pyridine rings is 1. The van der Waals surface area contributed by atoms with Crippen LogP contribution in [0.2, 0.25) is 5.02 Å². The highest BCUT2D eigenvalue weighted by atomic mass is 127. The Balaban J connectivity index is 2.20. The number of hydrogen-bond donors (Lipinski definition) is 2. The van der Waals surface area contributed by atoms with Gasteiger partial charge in [0.2, 0.25) is 0 Å². The third-order valence-corrected chi connectivity index (χ3v) is 4.15. The molecule has 2 rings (SSSR count). The minimum atomic E-state index is -0.255. The molecule has 1 amide bonds. The summed E-state index contributed by atoms with van der Waals surface area (Å²) < 4.78 is 0.900. The zero-order valence-electron chi connectivity index (χ0n) is 10.1. The van der Waals surface area contributed by atoms with Gasteiger partial charge in [-0.2, -0.15) is 0 Å². The second kappa shape index (κ2) is 5.75. The molecule has 0 aliphatic rings. The predicted octanol–water partition coefficient (Wildman–Crippen LogP) is 3.48. The van der Waals surface area contributed by atoms with Gasteiger partial charge in [0.15, 0.2) is 0 Å². The summed E-state index contributed by atoms with van der Waals surface area (Å²) in [5.74, 6) is 0.210. The minimum Gasteiger partial charge on any atom is -0.397 e. The number of rotatable bonds is 2. The number of hydrogen-bond acceptors (Lipinski definition) is 3. The largest absolute Gasteiger partial charge is 0.397 e. The van der Waals surface area contributed by atoms with E-state index in [0.717, 1.165) is 9.13 Å². The fraction of sp³-hybridized carbons (Fsp3) is 0.0769. The molecule has 6 heteroatoms. The van der Waals surface area contributed by atoms with Crippen LogP contribution in [-0.4, -0.2) is 10.9 Å². The second-order valence-electron chi connectivity index (χ2n) is 4.01. The number of carbonyl (C=O) groups excluding carboxylic acids is 1. The van der Waals surface area contributed by atoms with E-state index in [9.17, 15) is 4.79 Å². The highest BCUT2D eigenvalue weighted by Crippen LogP contribution is 2.20. The number of nitrogen functional groups attached to an aromatic ring is 1. The average molecular weight is 388 g/mol. The van der Waals surface area contributed by atoms with Crippen LogP contribution in [0.5, 0.6) is 0 Å². The van der Waals surface area contributed by atoms with E-state index >= 15 is 0 Å². The van der Waals surface area contributed by atoms with Gasteiger partial charge >= 0.3 is 0 Å². The van der Waals surface area contributed by atoms with Gasteiger partial charge in [0, 0.05) is 9.13 Å². The lowest BCUT2D eigenvalue weighted by Crippen LogP contribution is -2.13. The fourth-order valence-corrected chi connectivity index (χ4v) is 1.98. The van der Waals surface area contributed by atoms with E-state index in [-0.39, 0.29) is 5.91 Å². The molecule has 0 saturated heterocycles. The van der Waals surface area contributed by atoms with Crippen LogP contribution < -0.4 is 11.1 Å². The van der Waals surface area contributed by atoms with Gasteiger partial charge < -0.3 is 11.1 Å². The average Bonchev–Trinajstić information content (AvgIpc) is 2.37. The number of amides is 1. The summed E-state index contributed by atoms with van der Waals surface area (Å²) >= 11 is 8.09. The Bertz CT molecular complexity index is 646. The van der Waals surface area contributed by atoms with Gasteiger partial charge in [0.05, 0.1) is 16.9 Å². The Hall–Kier alpha value is -1.34. The number of carbonyl (C=O) groups is 1. The van der Waals surface area contributed by atoms with Gasteiger partial charge in [-0.3, -0.25) is 4.79 Å². The summed E-state index contributed by atoms with van der Waals surface area (Å²) in [5, 5.41) is 3.26. The summed E-state index contributed by atoms with van der Waals surface area (Å²) in [7, 11) is 0. The molecule has 19 heavy (non-hydrogen) atoms. The monoisotopic (exact) mass is 387 g/mol. The van der Waals surface area contributed by atoms with Crippen LogP contribution in [-0.2, 0) is 0 Å². The number of nitrogens with one attached hydrogen (secondary N) is 1. The summed E-state index contributed by atoms with van der Waals surface area (Å²) in [6, 6.07) is 6.86. The Morgan fingerprint density at radius 3 is 2.79 bits per heavy atom. The van der Waals surface area contributed by atoms with Crippen molar-refractivity contribution >= 4 is 51.6 Å². The van der Waals surface area contributed by atoms with Crippen LogP contribution >= 0.6 is 34.2 Å². The highest BCUT2D eigenvalue weighted by Gasteiger charge is 2.09. The SMILES string of the molecule is Cc1cc(NC(=O)c2ccc(I)c(Cl)c2)ncc1N. The summed E-state index contributed by atoms with van der Waals surface area (Å²) in [5.41, 5.74) is 7.62. The third-order valence-electron chi connectivity index (χ3n) is 2.57. The van der Waals surface area contributed by atoms with Crippen molar-refractivity contribution in [1.29, 1.82) is 0 Å². The molecule has 98 valence electrons. The van der Waals surface area contributed by atoms with E-state index in [0.29, 0.717) is 22.1 Å². The van der Waals surface area contributed by atoms with Gasteiger partial charge in [-0.25, -0.2) is 4.98 Å². The number of nitrogens with two attached hydrogens (primary N) is 1. The molecule has 0 aliphatic carbocycles. The van der Waals surface area contributed by atoms with Crippen molar-refractivity contribution in [3.8, 4) is 0 Å². The molecule has 0 unspecified atom stereocenters. The first kappa shape index (κ1) is 14.1. The molecule has 0 aliphatic heterocycles. The molecule has 0 fully saturated rings. The van der Waals surface area contributed by atoms with Crippen LogP contribution in [0.4, 0.5) is 11.5 Å². The number of halogens is 2. The second-order valence-corrected chi connectivity index (χ2v) is 5.58. The lowest BCUT2D eigenvalue weighted by atomic mass is 10.2. The topological polar surface area (TPSA) is 68.0 Å². The number of aryl methyl sites for hydroxylation is 1. The first-order valence-electron chi connectivity index (χ1n) is 5.46. The maximum Gasteiger partial charge on any atom is 0.256 e. The van der Waals surface area contributed by atoms with Crippen molar-refractivity contribution in [2.45, 2.75) is 6.92 Å². The molecule has 1 aromatic carbocycles. The fourth-order valence-electron chi connectivity index (χ4n) is 1.46. The maximum atomic E-state index is 12.0. The Morgan fingerprint density at radius 1 is 1.42 bits per heavy atom. The molecule has 0 radical (unpaired) electrons. The van der Waals surface area contributed by atoms with Gasteiger partial charge in [-0.15, -0.1) is 0 Å². The normalized spacial score (nSPS) is 10.3.